The van der Waals surface area contributed by atoms with Gasteiger partial charge < -0.3 is 16.4 Å². The van der Waals surface area contributed by atoms with Crippen molar-refractivity contribution in [3.8, 4) is 0 Å². The molecule has 0 aromatic heterocycles. The van der Waals surface area contributed by atoms with Crippen molar-refractivity contribution >= 4 is 23.2 Å². The van der Waals surface area contributed by atoms with E-state index in [1.54, 1.807) is 38.1 Å². The molecule has 1 heterocycles. The van der Waals surface area contributed by atoms with Gasteiger partial charge in [0.2, 0.25) is 11.8 Å². The second kappa shape index (κ2) is 8.97. The normalized spacial score (nSPS) is 16.6. The van der Waals surface area contributed by atoms with Crippen molar-refractivity contribution in [1.82, 2.24) is 4.90 Å². The molecule has 1 aliphatic heterocycles. The van der Waals surface area contributed by atoms with Crippen LogP contribution in [0.1, 0.15) is 46.0 Å². The molecule has 0 saturated carbocycles. The van der Waals surface area contributed by atoms with Crippen LogP contribution in [0.3, 0.4) is 0 Å². The first kappa shape index (κ1) is 19.4. The second-order valence-electron chi connectivity index (χ2n) is 7.35. The molecule has 25 heavy (non-hydrogen) atoms. The Morgan fingerprint density at radius 2 is 1.44 bits per heavy atom. The molecule has 2 amide bonds. The number of anilines is 2. The first-order chi connectivity index (χ1) is 11.8. The molecule has 2 rings (SSSR count). The average Bonchev–Trinajstić information content (AvgIpc) is 2.51. The topological polar surface area (TPSA) is 87.5 Å². The number of nitrogens with one attached hydrogen (secondary N) is 2. The van der Waals surface area contributed by atoms with Crippen LogP contribution in [-0.2, 0) is 9.59 Å². The molecule has 0 atom stereocenters. The van der Waals surface area contributed by atoms with Crippen molar-refractivity contribution in [2.45, 2.75) is 51.5 Å². The van der Waals surface area contributed by atoms with Crippen LogP contribution in [0.5, 0.6) is 0 Å². The quantitative estimate of drug-likeness (QED) is 0.765. The molecule has 4 N–H and O–H groups in total. The van der Waals surface area contributed by atoms with E-state index in [0.29, 0.717) is 12.2 Å². The van der Waals surface area contributed by atoms with Gasteiger partial charge in [-0.3, -0.25) is 14.5 Å². The van der Waals surface area contributed by atoms with Crippen molar-refractivity contribution in [1.29, 1.82) is 0 Å². The largest absolute Gasteiger partial charge is 0.325 e. The smallest absolute Gasteiger partial charge is 0.243 e. The highest BCUT2D eigenvalue weighted by molar-refractivity contribution is 5.97. The summed E-state index contributed by atoms with van der Waals surface area (Å²) in [5, 5.41) is 5.67. The molecule has 6 nitrogen and oxygen atoms in total. The minimum Gasteiger partial charge on any atom is -0.325 e. The van der Waals surface area contributed by atoms with E-state index >= 15 is 0 Å². The maximum atomic E-state index is 12.2. The number of hydrogen-bond donors (Lipinski definition) is 3. The number of amides is 2. The lowest BCUT2D eigenvalue weighted by molar-refractivity contribution is -0.120. The van der Waals surface area contributed by atoms with Crippen LogP contribution in [0.15, 0.2) is 24.3 Å². The molecule has 0 radical (unpaired) electrons. The summed E-state index contributed by atoms with van der Waals surface area (Å²) in [5.41, 5.74) is 6.21. The van der Waals surface area contributed by atoms with Gasteiger partial charge in [-0.2, -0.15) is 0 Å². The summed E-state index contributed by atoms with van der Waals surface area (Å²) in [6.45, 7) is 5.73. The van der Waals surface area contributed by atoms with Crippen molar-refractivity contribution in [3.05, 3.63) is 24.3 Å². The summed E-state index contributed by atoms with van der Waals surface area (Å²) in [6, 6.07) is 7.08. The van der Waals surface area contributed by atoms with E-state index in [9.17, 15) is 9.59 Å². The van der Waals surface area contributed by atoms with E-state index in [0.717, 1.165) is 18.8 Å². The van der Waals surface area contributed by atoms with E-state index in [-0.39, 0.29) is 11.8 Å². The number of hydrogen-bond acceptors (Lipinski definition) is 4. The highest BCUT2D eigenvalue weighted by Gasteiger charge is 2.21. The summed E-state index contributed by atoms with van der Waals surface area (Å²) in [4.78, 5) is 26.3. The molecule has 6 heteroatoms. The molecular formula is C19H30N4O2. The molecule has 1 aliphatic rings. The zero-order valence-corrected chi connectivity index (χ0v) is 15.3. The predicted octanol–water partition coefficient (Wildman–Crippen LogP) is 2.57. The van der Waals surface area contributed by atoms with Crippen molar-refractivity contribution in [2.75, 3.05) is 30.3 Å². The van der Waals surface area contributed by atoms with Crippen LogP contribution < -0.4 is 16.4 Å². The van der Waals surface area contributed by atoms with E-state index in [1.807, 2.05) is 0 Å². The van der Waals surface area contributed by atoms with Gasteiger partial charge in [0.1, 0.15) is 0 Å². The molecule has 138 valence electrons. The van der Waals surface area contributed by atoms with Gasteiger partial charge in [-0.1, -0.05) is 19.3 Å². The lowest BCUT2D eigenvalue weighted by Gasteiger charge is -2.23. The summed E-state index contributed by atoms with van der Waals surface area (Å²) in [7, 11) is 0. The van der Waals surface area contributed by atoms with Crippen LogP contribution in [0.4, 0.5) is 11.4 Å². The van der Waals surface area contributed by atoms with Gasteiger partial charge in [-0.15, -0.1) is 0 Å². The first-order valence-corrected chi connectivity index (χ1v) is 9.07. The van der Waals surface area contributed by atoms with E-state index in [4.69, 9.17) is 5.73 Å². The highest BCUT2D eigenvalue weighted by atomic mass is 16.2. The maximum absolute atomic E-state index is 12.2. The van der Waals surface area contributed by atoms with Gasteiger partial charge in [-0.05, 0) is 64.0 Å². The first-order valence-electron chi connectivity index (χ1n) is 9.07. The number of nitrogens with two attached hydrogens (primary N) is 1. The number of nitrogens with zero attached hydrogens (tertiary/aromatic N) is 1. The van der Waals surface area contributed by atoms with Crippen LogP contribution in [0.25, 0.3) is 0 Å². The van der Waals surface area contributed by atoms with Gasteiger partial charge in [0.25, 0.3) is 0 Å². The van der Waals surface area contributed by atoms with Gasteiger partial charge in [0.15, 0.2) is 0 Å². The van der Waals surface area contributed by atoms with Gasteiger partial charge in [0.05, 0.1) is 12.1 Å². The molecule has 0 unspecified atom stereocenters. The van der Waals surface area contributed by atoms with Crippen LogP contribution in [0.2, 0.25) is 0 Å². The SMILES string of the molecule is CC(C)(N)C(=O)Nc1ccc(NC(=O)CN2CCCCCCC2)cc1. The Hall–Kier alpha value is -1.92. The summed E-state index contributed by atoms with van der Waals surface area (Å²) in [6.07, 6.45) is 6.15. The third kappa shape index (κ3) is 6.84. The molecule has 1 fully saturated rings. The lowest BCUT2D eigenvalue weighted by Crippen LogP contribution is -2.45. The number of carbonyl (C=O) groups excluding carboxylic acids is 2. The zero-order chi connectivity index (χ0) is 18.3. The Kier molecular flexibility index (Phi) is 6.96. The summed E-state index contributed by atoms with van der Waals surface area (Å²) >= 11 is 0. The third-order valence-corrected chi connectivity index (χ3v) is 4.33. The molecule has 1 saturated heterocycles. The molecule has 1 aromatic carbocycles. The Labute approximate surface area is 150 Å². The zero-order valence-electron chi connectivity index (χ0n) is 15.3. The molecule has 0 aliphatic carbocycles. The van der Waals surface area contributed by atoms with E-state index in [2.05, 4.69) is 15.5 Å². The van der Waals surface area contributed by atoms with Crippen LogP contribution in [0, 0.1) is 0 Å². The van der Waals surface area contributed by atoms with E-state index < -0.39 is 5.54 Å². The van der Waals surface area contributed by atoms with Crippen molar-refractivity contribution in [2.24, 2.45) is 5.73 Å². The Balaban J connectivity index is 1.83. The van der Waals surface area contributed by atoms with Crippen molar-refractivity contribution < 1.29 is 9.59 Å². The number of benzene rings is 1. The standard InChI is InChI=1S/C19H30N4O2/c1-19(2,20)18(25)22-16-10-8-15(9-11-16)21-17(24)14-23-12-6-4-3-5-7-13-23/h8-11H,3-7,12-14,20H2,1-2H3,(H,21,24)(H,22,25). The third-order valence-electron chi connectivity index (χ3n) is 4.33. The molecule has 1 aromatic rings. The van der Waals surface area contributed by atoms with Crippen LogP contribution >= 0.6 is 0 Å². The fourth-order valence-corrected chi connectivity index (χ4v) is 2.80. The minimum atomic E-state index is -0.932. The number of rotatable bonds is 5. The fourth-order valence-electron chi connectivity index (χ4n) is 2.80. The van der Waals surface area contributed by atoms with Gasteiger partial charge >= 0.3 is 0 Å². The van der Waals surface area contributed by atoms with Gasteiger partial charge in [0, 0.05) is 11.4 Å². The molecular weight excluding hydrogens is 316 g/mol. The van der Waals surface area contributed by atoms with Crippen molar-refractivity contribution in [3.63, 3.8) is 0 Å². The number of carbonyl (C=O) groups is 2. The summed E-state index contributed by atoms with van der Waals surface area (Å²) in [5.74, 6) is -0.248. The second-order valence-corrected chi connectivity index (χ2v) is 7.35. The average molecular weight is 346 g/mol. The van der Waals surface area contributed by atoms with Gasteiger partial charge in [-0.25, -0.2) is 0 Å². The highest BCUT2D eigenvalue weighted by Crippen LogP contribution is 2.15. The maximum Gasteiger partial charge on any atom is 0.243 e. The molecule has 0 spiro atoms. The Morgan fingerprint density at radius 3 is 1.96 bits per heavy atom. The number of likely N-dealkylation sites (tertiary alicyclic amines) is 1. The predicted molar refractivity (Wildman–Crippen MR) is 101 cm³/mol. The minimum absolute atomic E-state index is 0.000417. The van der Waals surface area contributed by atoms with E-state index in [1.165, 1.54) is 32.1 Å². The fraction of sp³-hybridized carbons (Fsp3) is 0.579. The lowest BCUT2D eigenvalue weighted by atomic mass is 10.1. The monoisotopic (exact) mass is 346 g/mol. The Bertz CT molecular complexity index is 570. The Morgan fingerprint density at radius 1 is 0.960 bits per heavy atom. The van der Waals surface area contributed by atoms with Crippen LogP contribution in [-0.4, -0.2) is 41.9 Å². The molecule has 0 bridgehead atoms. The summed E-state index contributed by atoms with van der Waals surface area (Å²) < 4.78 is 0.